The molecule has 1 aromatic rings. The average Bonchev–Trinajstić information content (AvgIpc) is 2.18. The molecule has 3 N–H and O–H groups in total. The van der Waals surface area contributed by atoms with Crippen molar-refractivity contribution in [3.63, 3.8) is 0 Å². The van der Waals surface area contributed by atoms with Crippen LogP contribution < -0.4 is 5.73 Å². The van der Waals surface area contributed by atoms with Gasteiger partial charge in [0.05, 0.1) is 0 Å². The van der Waals surface area contributed by atoms with Crippen LogP contribution in [0.15, 0.2) is 42.0 Å². The van der Waals surface area contributed by atoms with Gasteiger partial charge in [-0.25, -0.2) is 4.79 Å². The first-order valence-electron chi connectivity index (χ1n) is 4.40. The summed E-state index contributed by atoms with van der Waals surface area (Å²) in [6.07, 6.45) is 1.96. The van der Waals surface area contributed by atoms with Crippen LogP contribution in [0.1, 0.15) is 5.56 Å². The van der Waals surface area contributed by atoms with Crippen molar-refractivity contribution in [3.8, 4) is 0 Å². The van der Waals surface area contributed by atoms with Crippen LogP contribution in [0.25, 0.3) is 0 Å². The third-order valence-electron chi connectivity index (χ3n) is 1.88. The van der Waals surface area contributed by atoms with Gasteiger partial charge >= 0.3 is 5.97 Å². The summed E-state index contributed by atoms with van der Waals surface area (Å²) in [5.74, 6) is -0.903. The fraction of sp³-hybridized carbons (Fsp3) is 0.182. The van der Waals surface area contributed by atoms with Crippen molar-refractivity contribution in [2.45, 2.75) is 6.42 Å². The van der Waals surface area contributed by atoms with E-state index in [9.17, 15) is 4.79 Å². The standard InChI is InChI=1S/C11H13NO2/c12-7-6-10(11(13)14)8-9-4-2-1-3-5-9/h1-6H,7-8,12H2,(H,13,14). The minimum absolute atomic E-state index is 0.258. The van der Waals surface area contributed by atoms with Crippen molar-refractivity contribution < 1.29 is 9.90 Å². The molecule has 0 heterocycles. The molecule has 0 spiro atoms. The number of hydrogen-bond acceptors (Lipinski definition) is 2. The maximum absolute atomic E-state index is 10.8. The summed E-state index contributed by atoms with van der Waals surface area (Å²) in [4.78, 5) is 10.8. The lowest BCUT2D eigenvalue weighted by Crippen LogP contribution is -2.07. The Kier molecular flexibility index (Phi) is 3.88. The van der Waals surface area contributed by atoms with E-state index >= 15 is 0 Å². The highest BCUT2D eigenvalue weighted by Crippen LogP contribution is 2.07. The lowest BCUT2D eigenvalue weighted by Gasteiger charge is -2.01. The smallest absolute Gasteiger partial charge is 0.331 e. The summed E-state index contributed by atoms with van der Waals surface area (Å²) in [6, 6.07) is 9.46. The van der Waals surface area contributed by atoms with Gasteiger partial charge in [0.1, 0.15) is 0 Å². The lowest BCUT2D eigenvalue weighted by molar-refractivity contribution is -0.132. The molecule has 3 nitrogen and oxygen atoms in total. The SMILES string of the molecule is NCC=C(Cc1ccccc1)C(=O)O. The van der Waals surface area contributed by atoms with Crippen LogP contribution in [0.2, 0.25) is 0 Å². The van der Waals surface area contributed by atoms with Gasteiger partial charge in [-0.05, 0) is 5.56 Å². The molecule has 0 unspecified atom stereocenters. The minimum Gasteiger partial charge on any atom is -0.478 e. The highest BCUT2D eigenvalue weighted by molar-refractivity contribution is 5.87. The van der Waals surface area contributed by atoms with Gasteiger partial charge in [0.15, 0.2) is 0 Å². The van der Waals surface area contributed by atoms with Crippen molar-refractivity contribution in [1.29, 1.82) is 0 Å². The Hall–Kier alpha value is -1.61. The summed E-state index contributed by atoms with van der Waals surface area (Å²) in [6.45, 7) is 0.258. The van der Waals surface area contributed by atoms with E-state index in [4.69, 9.17) is 10.8 Å². The number of nitrogens with two attached hydrogens (primary N) is 1. The molecule has 0 aliphatic carbocycles. The largest absolute Gasteiger partial charge is 0.478 e. The van der Waals surface area contributed by atoms with Gasteiger partial charge < -0.3 is 10.8 Å². The Morgan fingerprint density at radius 3 is 2.50 bits per heavy atom. The summed E-state index contributed by atoms with van der Waals surface area (Å²) < 4.78 is 0. The molecule has 1 aromatic carbocycles. The molecule has 14 heavy (non-hydrogen) atoms. The Morgan fingerprint density at radius 2 is 2.00 bits per heavy atom. The Morgan fingerprint density at radius 1 is 1.36 bits per heavy atom. The maximum atomic E-state index is 10.8. The van der Waals surface area contributed by atoms with Gasteiger partial charge in [-0.2, -0.15) is 0 Å². The topological polar surface area (TPSA) is 63.3 Å². The van der Waals surface area contributed by atoms with Crippen molar-refractivity contribution in [2.75, 3.05) is 6.54 Å². The number of carboxylic acid groups (broad SMARTS) is 1. The number of rotatable bonds is 4. The number of benzene rings is 1. The maximum Gasteiger partial charge on any atom is 0.331 e. The first-order chi connectivity index (χ1) is 6.74. The van der Waals surface area contributed by atoms with E-state index in [1.54, 1.807) is 0 Å². The van der Waals surface area contributed by atoms with Gasteiger partial charge in [0.2, 0.25) is 0 Å². The van der Waals surface area contributed by atoms with E-state index in [-0.39, 0.29) is 6.54 Å². The Labute approximate surface area is 82.9 Å². The van der Waals surface area contributed by atoms with Crippen LogP contribution in [0.5, 0.6) is 0 Å². The molecule has 1 rings (SSSR count). The molecule has 74 valence electrons. The zero-order chi connectivity index (χ0) is 10.4. The molecule has 0 aromatic heterocycles. The van der Waals surface area contributed by atoms with Crippen LogP contribution in [0.3, 0.4) is 0 Å². The van der Waals surface area contributed by atoms with Gasteiger partial charge in [0.25, 0.3) is 0 Å². The number of carbonyl (C=O) groups is 1. The summed E-state index contributed by atoms with van der Waals surface area (Å²) in [7, 11) is 0. The van der Waals surface area contributed by atoms with Crippen LogP contribution in [-0.4, -0.2) is 17.6 Å². The van der Waals surface area contributed by atoms with E-state index in [0.29, 0.717) is 12.0 Å². The normalized spacial score (nSPS) is 11.4. The van der Waals surface area contributed by atoms with Crippen molar-refractivity contribution in [1.82, 2.24) is 0 Å². The van der Waals surface area contributed by atoms with E-state index < -0.39 is 5.97 Å². The van der Waals surface area contributed by atoms with Gasteiger partial charge in [0, 0.05) is 18.5 Å². The molecule has 0 atom stereocenters. The summed E-state index contributed by atoms with van der Waals surface area (Å²) in [5.41, 5.74) is 6.61. The zero-order valence-electron chi connectivity index (χ0n) is 7.81. The van der Waals surface area contributed by atoms with Crippen molar-refractivity contribution in [3.05, 3.63) is 47.5 Å². The predicted octanol–water partition coefficient (Wildman–Crippen LogP) is 1.20. The van der Waals surface area contributed by atoms with Crippen LogP contribution in [0, 0.1) is 0 Å². The number of carboxylic acids is 1. The second-order valence-corrected chi connectivity index (χ2v) is 2.93. The third kappa shape index (κ3) is 3.03. The average molecular weight is 191 g/mol. The zero-order valence-corrected chi connectivity index (χ0v) is 7.81. The molecule has 0 saturated carbocycles. The quantitative estimate of drug-likeness (QED) is 0.703. The first-order valence-corrected chi connectivity index (χ1v) is 4.40. The number of aliphatic carboxylic acids is 1. The number of hydrogen-bond donors (Lipinski definition) is 2. The van der Waals surface area contributed by atoms with Gasteiger partial charge in [-0.1, -0.05) is 36.4 Å². The molecule has 3 heteroatoms. The predicted molar refractivity (Wildman–Crippen MR) is 54.9 cm³/mol. The molecule has 0 aliphatic heterocycles. The summed E-state index contributed by atoms with van der Waals surface area (Å²) >= 11 is 0. The second-order valence-electron chi connectivity index (χ2n) is 2.93. The first kappa shape index (κ1) is 10.5. The van der Waals surface area contributed by atoms with Gasteiger partial charge in [-0.15, -0.1) is 0 Å². The molecule has 0 radical (unpaired) electrons. The van der Waals surface area contributed by atoms with Gasteiger partial charge in [-0.3, -0.25) is 0 Å². The molecule has 0 bridgehead atoms. The third-order valence-corrected chi connectivity index (χ3v) is 1.88. The van der Waals surface area contributed by atoms with Crippen molar-refractivity contribution in [2.24, 2.45) is 5.73 Å². The van der Waals surface area contributed by atoms with E-state index in [1.807, 2.05) is 30.3 Å². The molecular formula is C11H13NO2. The Balaban J connectivity index is 2.76. The highest BCUT2D eigenvalue weighted by atomic mass is 16.4. The fourth-order valence-electron chi connectivity index (χ4n) is 1.19. The molecule has 0 amide bonds. The van der Waals surface area contributed by atoms with Crippen molar-refractivity contribution >= 4 is 5.97 Å². The van der Waals surface area contributed by atoms with Crippen LogP contribution in [-0.2, 0) is 11.2 Å². The van der Waals surface area contributed by atoms with E-state index in [1.165, 1.54) is 6.08 Å². The Bertz CT molecular complexity index is 330. The van der Waals surface area contributed by atoms with Crippen LogP contribution >= 0.6 is 0 Å². The fourth-order valence-corrected chi connectivity index (χ4v) is 1.19. The molecule has 0 aliphatic rings. The second kappa shape index (κ2) is 5.19. The van der Waals surface area contributed by atoms with E-state index in [0.717, 1.165) is 5.56 Å². The van der Waals surface area contributed by atoms with E-state index in [2.05, 4.69) is 0 Å². The highest BCUT2D eigenvalue weighted by Gasteiger charge is 2.06. The summed E-state index contributed by atoms with van der Waals surface area (Å²) in [5, 5.41) is 8.84. The molecule has 0 saturated heterocycles. The lowest BCUT2D eigenvalue weighted by atomic mass is 10.1. The minimum atomic E-state index is -0.903. The van der Waals surface area contributed by atoms with Crippen LogP contribution in [0.4, 0.5) is 0 Å². The monoisotopic (exact) mass is 191 g/mol. The molecule has 0 fully saturated rings. The molecular weight excluding hydrogens is 178 g/mol.